The van der Waals surface area contributed by atoms with Crippen LogP contribution in [0.3, 0.4) is 0 Å². The predicted octanol–water partition coefficient (Wildman–Crippen LogP) is 4.12. The fraction of sp³-hybridized carbons (Fsp3) is 0.333. The second kappa shape index (κ2) is 13.8. The summed E-state index contributed by atoms with van der Waals surface area (Å²) in [5.41, 5.74) is 3.06. The zero-order chi connectivity index (χ0) is 22.4. The van der Waals surface area contributed by atoms with E-state index < -0.39 is 18.3 Å². The topological polar surface area (TPSA) is 68.2 Å². The van der Waals surface area contributed by atoms with Gasteiger partial charge in [-0.25, -0.2) is 0 Å². The third-order valence-corrected chi connectivity index (χ3v) is 5.15. The minimum absolute atomic E-state index is 0.0672. The molecule has 0 bridgehead atoms. The van der Waals surface area contributed by atoms with Crippen LogP contribution in [-0.2, 0) is 34.0 Å². The van der Waals surface area contributed by atoms with E-state index in [1.807, 2.05) is 91.0 Å². The van der Waals surface area contributed by atoms with Crippen LogP contribution in [0.4, 0.5) is 0 Å². The van der Waals surface area contributed by atoms with Gasteiger partial charge in [0.2, 0.25) is 0 Å². The zero-order valence-corrected chi connectivity index (χ0v) is 18.3. The normalized spacial score (nSPS) is 14.1. The van der Waals surface area contributed by atoms with Crippen LogP contribution >= 0.6 is 0 Å². The predicted molar refractivity (Wildman–Crippen MR) is 124 cm³/mol. The van der Waals surface area contributed by atoms with Crippen LogP contribution < -0.4 is 0 Å². The molecular formula is C27H32O5. The van der Waals surface area contributed by atoms with E-state index >= 15 is 0 Å². The van der Waals surface area contributed by atoms with Crippen molar-refractivity contribution >= 4 is 0 Å². The lowest BCUT2D eigenvalue weighted by atomic mass is 10.0. The van der Waals surface area contributed by atoms with Crippen molar-refractivity contribution < 1.29 is 24.4 Å². The molecule has 0 saturated heterocycles. The van der Waals surface area contributed by atoms with Gasteiger partial charge < -0.3 is 24.4 Å². The molecule has 0 heterocycles. The molecule has 5 heteroatoms. The SMILES string of the molecule is OCC[C@@H](OCc1ccccc1)[C@@H](OCc1ccccc1)[C@H](O)COCc1ccccc1. The third-order valence-electron chi connectivity index (χ3n) is 5.15. The van der Waals surface area contributed by atoms with Crippen LogP contribution in [0.5, 0.6) is 0 Å². The van der Waals surface area contributed by atoms with Crippen LogP contribution in [0.1, 0.15) is 23.1 Å². The first-order chi connectivity index (χ1) is 15.8. The van der Waals surface area contributed by atoms with Gasteiger partial charge in [0, 0.05) is 6.61 Å². The van der Waals surface area contributed by atoms with E-state index in [2.05, 4.69) is 0 Å². The van der Waals surface area contributed by atoms with Gasteiger partial charge in [0.25, 0.3) is 0 Å². The molecule has 0 fully saturated rings. The number of rotatable bonds is 14. The molecule has 170 valence electrons. The summed E-state index contributed by atoms with van der Waals surface area (Å²) in [7, 11) is 0. The highest BCUT2D eigenvalue weighted by Gasteiger charge is 2.30. The van der Waals surface area contributed by atoms with Crippen molar-refractivity contribution in [1.29, 1.82) is 0 Å². The molecule has 0 aliphatic rings. The summed E-state index contributed by atoms with van der Waals surface area (Å²) in [6, 6.07) is 29.4. The molecule has 0 unspecified atom stereocenters. The number of ether oxygens (including phenoxy) is 3. The first-order valence-corrected chi connectivity index (χ1v) is 11.0. The molecule has 0 aliphatic heterocycles. The zero-order valence-electron chi connectivity index (χ0n) is 18.3. The highest BCUT2D eigenvalue weighted by atomic mass is 16.6. The minimum Gasteiger partial charge on any atom is -0.396 e. The first kappa shape index (κ1) is 24.1. The first-order valence-electron chi connectivity index (χ1n) is 11.0. The molecule has 0 saturated carbocycles. The van der Waals surface area contributed by atoms with Gasteiger partial charge in [0.05, 0.1) is 32.5 Å². The van der Waals surface area contributed by atoms with E-state index in [-0.39, 0.29) is 13.2 Å². The maximum absolute atomic E-state index is 10.9. The van der Waals surface area contributed by atoms with Crippen molar-refractivity contribution in [2.24, 2.45) is 0 Å². The monoisotopic (exact) mass is 436 g/mol. The van der Waals surface area contributed by atoms with Gasteiger partial charge in [-0.1, -0.05) is 91.0 Å². The lowest BCUT2D eigenvalue weighted by molar-refractivity contribution is -0.151. The van der Waals surface area contributed by atoms with Gasteiger partial charge in [0.15, 0.2) is 0 Å². The molecule has 0 aromatic heterocycles. The van der Waals surface area contributed by atoms with Gasteiger partial charge in [-0.2, -0.15) is 0 Å². The summed E-state index contributed by atoms with van der Waals surface area (Å²) in [6.07, 6.45) is -1.70. The Morgan fingerprint density at radius 2 is 1.09 bits per heavy atom. The van der Waals surface area contributed by atoms with Crippen LogP contribution in [0.15, 0.2) is 91.0 Å². The van der Waals surface area contributed by atoms with E-state index in [9.17, 15) is 10.2 Å². The lowest BCUT2D eigenvalue weighted by Gasteiger charge is -2.31. The summed E-state index contributed by atoms with van der Waals surface area (Å²) in [5.74, 6) is 0. The van der Waals surface area contributed by atoms with Crippen LogP contribution in [0.2, 0.25) is 0 Å². The molecule has 0 spiro atoms. The van der Waals surface area contributed by atoms with E-state index in [1.54, 1.807) is 0 Å². The maximum atomic E-state index is 10.9. The Bertz CT molecular complexity index is 857. The maximum Gasteiger partial charge on any atom is 0.112 e. The van der Waals surface area contributed by atoms with Gasteiger partial charge in [-0.15, -0.1) is 0 Å². The molecule has 3 rings (SSSR count). The van der Waals surface area contributed by atoms with Crippen molar-refractivity contribution in [2.45, 2.75) is 44.6 Å². The Hall–Kier alpha value is -2.54. The van der Waals surface area contributed by atoms with E-state index in [1.165, 1.54) is 0 Å². The minimum atomic E-state index is -0.908. The Morgan fingerprint density at radius 1 is 0.625 bits per heavy atom. The molecule has 0 radical (unpaired) electrons. The summed E-state index contributed by atoms with van der Waals surface area (Å²) in [5, 5.41) is 20.6. The average Bonchev–Trinajstić information content (AvgIpc) is 2.84. The van der Waals surface area contributed by atoms with Crippen molar-refractivity contribution in [3.05, 3.63) is 108 Å². The molecule has 32 heavy (non-hydrogen) atoms. The summed E-state index contributed by atoms with van der Waals surface area (Å²) < 4.78 is 18.0. The van der Waals surface area contributed by atoms with E-state index in [0.29, 0.717) is 26.2 Å². The second-order valence-electron chi connectivity index (χ2n) is 7.68. The standard InChI is InChI=1S/C27H32O5/c28-17-16-26(31-19-23-12-6-2-7-13-23)27(32-20-24-14-8-3-9-15-24)25(29)21-30-18-22-10-4-1-5-11-22/h1-15,25-29H,16-21H2/t25-,26-,27+/m1/s1. The number of aliphatic hydroxyl groups excluding tert-OH is 2. The average molecular weight is 437 g/mol. The number of aliphatic hydroxyl groups is 2. The summed E-state index contributed by atoms with van der Waals surface area (Å²) in [6.45, 7) is 1.14. The number of hydrogen-bond donors (Lipinski definition) is 2. The van der Waals surface area contributed by atoms with Gasteiger partial charge in [-0.3, -0.25) is 0 Å². The van der Waals surface area contributed by atoms with E-state index in [4.69, 9.17) is 14.2 Å². The number of benzene rings is 3. The van der Waals surface area contributed by atoms with Crippen molar-refractivity contribution in [3.8, 4) is 0 Å². The van der Waals surface area contributed by atoms with Crippen LogP contribution in [-0.4, -0.2) is 41.7 Å². The fourth-order valence-corrected chi connectivity index (χ4v) is 3.45. The molecule has 3 aromatic rings. The van der Waals surface area contributed by atoms with Crippen molar-refractivity contribution in [3.63, 3.8) is 0 Å². The molecule has 2 N–H and O–H groups in total. The second-order valence-corrected chi connectivity index (χ2v) is 7.68. The molecular weight excluding hydrogens is 404 g/mol. The number of hydrogen-bond acceptors (Lipinski definition) is 5. The van der Waals surface area contributed by atoms with Crippen LogP contribution in [0.25, 0.3) is 0 Å². The molecule has 3 aromatic carbocycles. The lowest BCUT2D eigenvalue weighted by Crippen LogP contribution is -2.44. The Kier molecular flexibility index (Phi) is 10.4. The Morgan fingerprint density at radius 3 is 1.59 bits per heavy atom. The van der Waals surface area contributed by atoms with Gasteiger partial charge in [0.1, 0.15) is 12.2 Å². The Balaban J connectivity index is 1.64. The smallest absolute Gasteiger partial charge is 0.112 e. The van der Waals surface area contributed by atoms with Crippen molar-refractivity contribution in [1.82, 2.24) is 0 Å². The van der Waals surface area contributed by atoms with Crippen molar-refractivity contribution in [2.75, 3.05) is 13.2 Å². The van der Waals surface area contributed by atoms with Crippen LogP contribution in [0, 0.1) is 0 Å². The molecule has 5 nitrogen and oxygen atoms in total. The fourth-order valence-electron chi connectivity index (χ4n) is 3.45. The molecule has 3 atom stereocenters. The van der Waals surface area contributed by atoms with Gasteiger partial charge in [-0.05, 0) is 23.1 Å². The molecule has 0 amide bonds. The largest absolute Gasteiger partial charge is 0.396 e. The highest BCUT2D eigenvalue weighted by molar-refractivity contribution is 5.15. The highest BCUT2D eigenvalue weighted by Crippen LogP contribution is 2.18. The quantitative estimate of drug-likeness (QED) is 0.398. The van der Waals surface area contributed by atoms with E-state index in [0.717, 1.165) is 16.7 Å². The summed E-state index contributed by atoms with van der Waals surface area (Å²) in [4.78, 5) is 0. The molecule has 0 aliphatic carbocycles. The Labute approximate surface area is 190 Å². The van der Waals surface area contributed by atoms with Gasteiger partial charge >= 0.3 is 0 Å². The summed E-state index contributed by atoms with van der Waals surface area (Å²) >= 11 is 0. The third kappa shape index (κ3) is 8.19.